The summed E-state index contributed by atoms with van der Waals surface area (Å²) in [5.74, 6) is 1.10. The standard InChI is InChI=1S/C13H16Br2N4/c1-7(2)11-10(16)13(19(3)18-11)17-12-8(14)5-4-6-9(12)15/h4-7,17H,16H2,1-3H3. The molecule has 1 heterocycles. The molecular weight excluding hydrogens is 372 g/mol. The third kappa shape index (κ3) is 2.79. The summed E-state index contributed by atoms with van der Waals surface area (Å²) >= 11 is 7.05. The summed E-state index contributed by atoms with van der Waals surface area (Å²) < 4.78 is 3.71. The Morgan fingerprint density at radius 3 is 2.32 bits per heavy atom. The fraction of sp³-hybridized carbons (Fsp3) is 0.308. The van der Waals surface area contributed by atoms with Crippen molar-refractivity contribution in [3.05, 3.63) is 32.8 Å². The molecule has 0 aliphatic heterocycles. The summed E-state index contributed by atoms with van der Waals surface area (Å²) in [6.45, 7) is 4.16. The second kappa shape index (κ2) is 5.54. The quantitative estimate of drug-likeness (QED) is 0.820. The van der Waals surface area contributed by atoms with Crippen LogP contribution in [0.15, 0.2) is 27.1 Å². The Hall–Kier alpha value is -1.01. The van der Waals surface area contributed by atoms with Gasteiger partial charge in [0.15, 0.2) is 5.82 Å². The van der Waals surface area contributed by atoms with Crippen LogP contribution in [0.1, 0.15) is 25.5 Å². The summed E-state index contributed by atoms with van der Waals surface area (Å²) in [7, 11) is 1.88. The van der Waals surface area contributed by atoms with E-state index in [1.807, 2.05) is 25.2 Å². The molecule has 102 valence electrons. The molecule has 0 aliphatic carbocycles. The fourth-order valence-corrected chi connectivity index (χ4v) is 3.07. The van der Waals surface area contributed by atoms with Crippen molar-refractivity contribution in [2.75, 3.05) is 11.1 Å². The van der Waals surface area contributed by atoms with E-state index in [1.54, 1.807) is 4.68 Å². The molecule has 0 radical (unpaired) electrons. The Bertz CT molecular complexity index is 585. The van der Waals surface area contributed by atoms with Gasteiger partial charge in [-0.3, -0.25) is 4.68 Å². The number of halogens is 2. The molecule has 0 spiro atoms. The van der Waals surface area contributed by atoms with Crippen molar-refractivity contribution in [1.82, 2.24) is 9.78 Å². The largest absolute Gasteiger partial charge is 0.394 e. The van der Waals surface area contributed by atoms with Gasteiger partial charge in [0.1, 0.15) is 0 Å². The first-order valence-electron chi connectivity index (χ1n) is 5.95. The van der Waals surface area contributed by atoms with E-state index in [0.29, 0.717) is 11.6 Å². The molecule has 3 N–H and O–H groups in total. The zero-order valence-corrected chi connectivity index (χ0v) is 14.2. The maximum atomic E-state index is 6.18. The molecule has 1 aromatic heterocycles. The number of para-hydroxylation sites is 1. The number of nitrogens with two attached hydrogens (primary N) is 1. The molecule has 2 aromatic rings. The summed E-state index contributed by atoms with van der Waals surface area (Å²) in [5, 5.41) is 7.80. The van der Waals surface area contributed by atoms with Crippen LogP contribution in [0.5, 0.6) is 0 Å². The average molecular weight is 388 g/mol. The predicted molar refractivity (Wildman–Crippen MR) is 86.8 cm³/mol. The van der Waals surface area contributed by atoms with Gasteiger partial charge in [-0.15, -0.1) is 0 Å². The van der Waals surface area contributed by atoms with Crippen LogP contribution >= 0.6 is 31.9 Å². The minimum absolute atomic E-state index is 0.296. The lowest BCUT2D eigenvalue weighted by Gasteiger charge is -2.11. The Balaban J connectivity index is 2.44. The van der Waals surface area contributed by atoms with Crippen LogP contribution in [-0.4, -0.2) is 9.78 Å². The van der Waals surface area contributed by atoms with E-state index < -0.39 is 0 Å². The molecule has 0 fully saturated rings. The number of nitrogens with one attached hydrogen (secondary N) is 1. The maximum absolute atomic E-state index is 6.18. The van der Waals surface area contributed by atoms with Gasteiger partial charge >= 0.3 is 0 Å². The van der Waals surface area contributed by atoms with E-state index in [4.69, 9.17) is 5.73 Å². The number of aryl methyl sites for hydroxylation is 1. The number of rotatable bonds is 3. The van der Waals surface area contributed by atoms with Gasteiger partial charge in [0, 0.05) is 16.0 Å². The second-order valence-electron chi connectivity index (χ2n) is 4.65. The topological polar surface area (TPSA) is 55.9 Å². The molecule has 1 aromatic carbocycles. The normalized spacial score (nSPS) is 11.1. The van der Waals surface area contributed by atoms with Gasteiger partial charge < -0.3 is 11.1 Å². The molecule has 6 heteroatoms. The Labute approximate surface area is 129 Å². The van der Waals surface area contributed by atoms with Crippen LogP contribution in [0.25, 0.3) is 0 Å². The highest BCUT2D eigenvalue weighted by Crippen LogP contribution is 2.36. The van der Waals surface area contributed by atoms with Crippen LogP contribution in [0, 0.1) is 0 Å². The van der Waals surface area contributed by atoms with E-state index in [-0.39, 0.29) is 0 Å². The summed E-state index contributed by atoms with van der Waals surface area (Å²) in [6.07, 6.45) is 0. The number of anilines is 3. The minimum Gasteiger partial charge on any atom is -0.394 e. The van der Waals surface area contributed by atoms with Gasteiger partial charge in [-0.2, -0.15) is 5.10 Å². The highest BCUT2D eigenvalue weighted by molar-refractivity contribution is 9.11. The van der Waals surface area contributed by atoms with E-state index >= 15 is 0 Å². The zero-order chi connectivity index (χ0) is 14.2. The Morgan fingerprint density at radius 1 is 1.26 bits per heavy atom. The van der Waals surface area contributed by atoms with Gasteiger partial charge in [0.25, 0.3) is 0 Å². The van der Waals surface area contributed by atoms with Gasteiger partial charge in [0.2, 0.25) is 0 Å². The first-order chi connectivity index (χ1) is 8.91. The predicted octanol–water partition coefficient (Wildman–Crippen LogP) is 4.39. The first-order valence-corrected chi connectivity index (χ1v) is 7.53. The van der Waals surface area contributed by atoms with Crippen LogP contribution in [0.2, 0.25) is 0 Å². The number of hydrogen-bond donors (Lipinski definition) is 2. The highest BCUT2D eigenvalue weighted by Gasteiger charge is 2.17. The van der Waals surface area contributed by atoms with E-state index in [9.17, 15) is 0 Å². The second-order valence-corrected chi connectivity index (χ2v) is 6.36. The molecular formula is C13H16Br2N4. The van der Waals surface area contributed by atoms with Crippen molar-refractivity contribution in [1.29, 1.82) is 0 Å². The smallest absolute Gasteiger partial charge is 0.152 e. The maximum Gasteiger partial charge on any atom is 0.152 e. The minimum atomic E-state index is 0.296. The lowest BCUT2D eigenvalue weighted by atomic mass is 10.1. The number of benzene rings is 1. The highest BCUT2D eigenvalue weighted by atomic mass is 79.9. The monoisotopic (exact) mass is 386 g/mol. The van der Waals surface area contributed by atoms with Crippen molar-refractivity contribution in [3.8, 4) is 0 Å². The van der Waals surface area contributed by atoms with Crippen LogP contribution < -0.4 is 11.1 Å². The number of nitrogens with zero attached hydrogens (tertiary/aromatic N) is 2. The van der Waals surface area contributed by atoms with Crippen molar-refractivity contribution in [3.63, 3.8) is 0 Å². The molecule has 0 saturated heterocycles. The van der Waals surface area contributed by atoms with E-state index in [2.05, 4.69) is 56.1 Å². The van der Waals surface area contributed by atoms with Crippen LogP contribution in [-0.2, 0) is 7.05 Å². The van der Waals surface area contributed by atoms with Gasteiger partial charge in [-0.25, -0.2) is 0 Å². The molecule has 0 atom stereocenters. The molecule has 0 unspecified atom stereocenters. The van der Waals surface area contributed by atoms with Gasteiger partial charge in [-0.1, -0.05) is 19.9 Å². The number of nitrogen functional groups attached to an aromatic ring is 1. The average Bonchev–Trinajstić information content (AvgIpc) is 2.61. The lowest BCUT2D eigenvalue weighted by molar-refractivity contribution is 0.718. The molecule has 0 bridgehead atoms. The molecule has 2 rings (SSSR count). The van der Waals surface area contributed by atoms with Crippen molar-refractivity contribution in [2.45, 2.75) is 19.8 Å². The summed E-state index contributed by atoms with van der Waals surface area (Å²) in [5.41, 5.74) is 8.72. The van der Waals surface area contributed by atoms with Gasteiger partial charge in [-0.05, 0) is 49.9 Å². The van der Waals surface area contributed by atoms with Gasteiger partial charge in [0.05, 0.1) is 17.1 Å². The first kappa shape index (κ1) is 14.4. The van der Waals surface area contributed by atoms with Crippen molar-refractivity contribution in [2.24, 2.45) is 7.05 Å². The van der Waals surface area contributed by atoms with E-state index in [0.717, 1.165) is 26.1 Å². The molecule has 4 nitrogen and oxygen atoms in total. The third-order valence-corrected chi connectivity index (χ3v) is 4.19. The number of hydrogen-bond acceptors (Lipinski definition) is 3. The van der Waals surface area contributed by atoms with Crippen LogP contribution in [0.4, 0.5) is 17.2 Å². The van der Waals surface area contributed by atoms with E-state index in [1.165, 1.54) is 0 Å². The molecule has 19 heavy (non-hydrogen) atoms. The van der Waals surface area contributed by atoms with Crippen LogP contribution in [0.3, 0.4) is 0 Å². The number of aromatic nitrogens is 2. The lowest BCUT2D eigenvalue weighted by Crippen LogP contribution is -2.02. The summed E-state index contributed by atoms with van der Waals surface area (Å²) in [4.78, 5) is 0. The Morgan fingerprint density at radius 2 is 1.84 bits per heavy atom. The Kier molecular flexibility index (Phi) is 4.20. The molecule has 0 saturated carbocycles. The fourth-order valence-electron chi connectivity index (χ4n) is 1.87. The third-order valence-electron chi connectivity index (χ3n) is 2.87. The SMILES string of the molecule is CC(C)c1nn(C)c(Nc2c(Br)cccc2Br)c1N. The zero-order valence-electron chi connectivity index (χ0n) is 11.0. The van der Waals surface area contributed by atoms with Crippen molar-refractivity contribution >= 4 is 49.1 Å². The molecule has 0 aliphatic rings. The summed E-state index contributed by atoms with van der Waals surface area (Å²) in [6, 6.07) is 5.91. The van der Waals surface area contributed by atoms with Crippen molar-refractivity contribution < 1.29 is 0 Å². The molecule has 0 amide bonds.